The molecule has 0 N–H and O–H groups in total. The highest BCUT2D eigenvalue weighted by Gasteiger charge is 2.32. The molecule has 8 heteroatoms. The van der Waals surface area contributed by atoms with Crippen molar-refractivity contribution in [2.24, 2.45) is 5.10 Å². The number of benzene rings is 2. The first-order chi connectivity index (χ1) is 12.5. The Morgan fingerprint density at radius 3 is 2.42 bits per heavy atom. The van der Waals surface area contributed by atoms with Crippen LogP contribution in [-0.4, -0.2) is 27.3 Å². The molecule has 0 aliphatic rings. The number of hydrogen-bond donors (Lipinski definition) is 0. The standard InChI is InChI=1S/C18H15F3N4S/c1-26-17-24-23-16(11-13-7-3-2-4-8-13)25(17)22-12-14-9-5-6-10-15(14)18(19,20)21/h2-10,12H,11H2,1H3/b22-12-. The van der Waals surface area contributed by atoms with Crippen LogP contribution >= 0.6 is 11.8 Å². The summed E-state index contributed by atoms with van der Waals surface area (Å²) >= 11 is 1.33. The summed E-state index contributed by atoms with van der Waals surface area (Å²) in [5.74, 6) is 0.557. The van der Waals surface area contributed by atoms with Gasteiger partial charge in [0.05, 0.1) is 11.8 Å². The van der Waals surface area contributed by atoms with Gasteiger partial charge >= 0.3 is 6.18 Å². The Bertz CT molecular complexity index is 904. The van der Waals surface area contributed by atoms with Gasteiger partial charge in [0.15, 0.2) is 5.82 Å². The lowest BCUT2D eigenvalue weighted by Gasteiger charge is -2.09. The molecular formula is C18H15F3N4S. The molecule has 3 rings (SSSR count). The average Bonchev–Trinajstić information content (AvgIpc) is 3.02. The smallest absolute Gasteiger partial charge is 0.191 e. The number of hydrogen-bond acceptors (Lipinski definition) is 4. The third-order valence-corrected chi connectivity index (χ3v) is 4.26. The van der Waals surface area contributed by atoms with Gasteiger partial charge in [0.1, 0.15) is 0 Å². The molecule has 1 aromatic heterocycles. The fourth-order valence-electron chi connectivity index (χ4n) is 2.42. The number of nitrogens with zero attached hydrogens (tertiary/aromatic N) is 4. The Morgan fingerprint density at radius 1 is 1.04 bits per heavy atom. The summed E-state index contributed by atoms with van der Waals surface area (Å²) in [6.45, 7) is 0. The van der Waals surface area contributed by atoms with Crippen LogP contribution in [0.1, 0.15) is 22.5 Å². The summed E-state index contributed by atoms with van der Waals surface area (Å²) in [5.41, 5.74) is 0.276. The lowest BCUT2D eigenvalue weighted by atomic mass is 10.1. The van der Waals surface area contributed by atoms with E-state index in [0.717, 1.165) is 11.6 Å². The highest BCUT2D eigenvalue weighted by Crippen LogP contribution is 2.31. The number of halogens is 3. The molecule has 0 spiro atoms. The van der Waals surface area contributed by atoms with Crippen LogP contribution in [0.2, 0.25) is 0 Å². The molecule has 4 nitrogen and oxygen atoms in total. The van der Waals surface area contributed by atoms with E-state index in [1.807, 2.05) is 36.6 Å². The number of alkyl halides is 3. The van der Waals surface area contributed by atoms with Crippen LogP contribution in [0.4, 0.5) is 13.2 Å². The molecule has 0 amide bonds. The van der Waals surface area contributed by atoms with E-state index in [4.69, 9.17) is 0 Å². The predicted molar refractivity (Wildman–Crippen MR) is 95.5 cm³/mol. The van der Waals surface area contributed by atoms with Crippen LogP contribution in [0.3, 0.4) is 0 Å². The second-order valence-corrected chi connectivity index (χ2v) is 6.18. The topological polar surface area (TPSA) is 43.1 Å². The van der Waals surface area contributed by atoms with Crippen LogP contribution in [0.15, 0.2) is 64.9 Å². The first-order valence-electron chi connectivity index (χ1n) is 7.72. The maximum absolute atomic E-state index is 13.1. The Labute approximate surface area is 152 Å². The van der Waals surface area contributed by atoms with E-state index < -0.39 is 11.7 Å². The van der Waals surface area contributed by atoms with Crippen molar-refractivity contribution in [2.75, 3.05) is 6.26 Å². The second kappa shape index (κ2) is 7.74. The molecule has 3 aromatic rings. The SMILES string of the molecule is CSc1nnc(Cc2ccccc2)n1/N=C\c1ccccc1C(F)(F)F. The average molecular weight is 376 g/mol. The summed E-state index contributed by atoms with van der Waals surface area (Å²) in [4.78, 5) is 0. The summed E-state index contributed by atoms with van der Waals surface area (Å²) < 4.78 is 40.9. The zero-order valence-corrected chi connectivity index (χ0v) is 14.6. The maximum Gasteiger partial charge on any atom is 0.417 e. The van der Waals surface area contributed by atoms with Gasteiger partial charge in [-0.25, -0.2) is 0 Å². The Hall–Kier alpha value is -2.61. The first kappa shape index (κ1) is 18.2. The number of thioether (sulfide) groups is 1. The molecular weight excluding hydrogens is 361 g/mol. The normalized spacial score (nSPS) is 12.0. The van der Waals surface area contributed by atoms with Crippen molar-refractivity contribution in [2.45, 2.75) is 17.8 Å². The fraction of sp³-hybridized carbons (Fsp3) is 0.167. The van der Waals surface area contributed by atoms with Gasteiger partial charge in [-0.1, -0.05) is 60.3 Å². The van der Waals surface area contributed by atoms with Crippen molar-refractivity contribution in [1.29, 1.82) is 0 Å². The van der Waals surface area contributed by atoms with E-state index in [1.165, 1.54) is 34.8 Å². The van der Waals surface area contributed by atoms with Crippen LogP contribution in [0.5, 0.6) is 0 Å². The lowest BCUT2D eigenvalue weighted by molar-refractivity contribution is -0.137. The zero-order valence-electron chi connectivity index (χ0n) is 13.8. The molecule has 0 atom stereocenters. The summed E-state index contributed by atoms with van der Waals surface area (Å²) in [6.07, 6.45) is -0.954. The molecule has 0 saturated heterocycles. The molecule has 0 radical (unpaired) electrons. The van der Waals surface area contributed by atoms with Crippen molar-refractivity contribution >= 4 is 18.0 Å². The minimum Gasteiger partial charge on any atom is -0.191 e. The van der Waals surface area contributed by atoms with Gasteiger partial charge in [-0.2, -0.15) is 22.9 Å². The van der Waals surface area contributed by atoms with Crippen molar-refractivity contribution < 1.29 is 13.2 Å². The van der Waals surface area contributed by atoms with E-state index in [1.54, 1.807) is 6.07 Å². The third-order valence-electron chi connectivity index (χ3n) is 3.64. The molecule has 0 bridgehead atoms. The summed E-state index contributed by atoms with van der Waals surface area (Å²) in [7, 11) is 0. The van der Waals surface area contributed by atoms with Gasteiger partial charge in [-0.15, -0.1) is 10.2 Å². The Morgan fingerprint density at radius 2 is 1.73 bits per heavy atom. The molecule has 134 valence electrons. The Kier molecular flexibility index (Phi) is 5.41. The summed E-state index contributed by atoms with van der Waals surface area (Å²) in [5, 5.41) is 12.9. The second-order valence-electron chi connectivity index (χ2n) is 5.41. The van der Waals surface area contributed by atoms with Crippen LogP contribution < -0.4 is 0 Å². The van der Waals surface area contributed by atoms with Crippen LogP contribution in [0.25, 0.3) is 0 Å². The predicted octanol–water partition coefficient (Wildman–Crippen LogP) is 4.49. The summed E-state index contributed by atoms with van der Waals surface area (Å²) in [6, 6.07) is 14.9. The quantitative estimate of drug-likeness (QED) is 0.487. The van der Waals surface area contributed by atoms with E-state index in [2.05, 4.69) is 15.3 Å². The minimum atomic E-state index is -4.44. The largest absolute Gasteiger partial charge is 0.417 e. The van der Waals surface area contributed by atoms with Gasteiger partial charge in [0.2, 0.25) is 5.16 Å². The first-order valence-corrected chi connectivity index (χ1v) is 8.94. The van der Waals surface area contributed by atoms with Gasteiger partial charge in [-0.3, -0.25) is 0 Å². The zero-order chi connectivity index (χ0) is 18.6. The Balaban J connectivity index is 1.95. The molecule has 0 unspecified atom stereocenters. The van der Waals surface area contributed by atoms with Gasteiger partial charge in [0.25, 0.3) is 0 Å². The molecule has 1 heterocycles. The molecule has 0 aliphatic carbocycles. The number of aromatic nitrogens is 3. The molecule has 0 aliphatic heterocycles. The van der Waals surface area contributed by atoms with Gasteiger partial charge < -0.3 is 0 Å². The molecule has 0 fully saturated rings. The van der Waals surface area contributed by atoms with Crippen LogP contribution in [-0.2, 0) is 12.6 Å². The minimum absolute atomic E-state index is 0.00795. The molecule has 2 aromatic carbocycles. The van der Waals surface area contributed by atoms with Gasteiger partial charge in [0, 0.05) is 12.0 Å². The highest BCUT2D eigenvalue weighted by molar-refractivity contribution is 7.98. The van der Waals surface area contributed by atoms with Crippen molar-refractivity contribution in [3.05, 3.63) is 77.1 Å². The van der Waals surface area contributed by atoms with Crippen molar-refractivity contribution in [3.63, 3.8) is 0 Å². The number of rotatable bonds is 5. The molecule has 0 saturated carbocycles. The van der Waals surface area contributed by atoms with E-state index in [-0.39, 0.29) is 5.56 Å². The van der Waals surface area contributed by atoms with Crippen LogP contribution in [0, 0.1) is 0 Å². The maximum atomic E-state index is 13.1. The fourth-order valence-corrected chi connectivity index (χ4v) is 2.86. The third kappa shape index (κ3) is 4.13. The highest BCUT2D eigenvalue weighted by atomic mass is 32.2. The lowest BCUT2D eigenvalue weighted by Crippen LogP contribution is -2.09. The monoisotopic (exact) mass is 376 g/mol. The van der Waals surface area contributed by atoms with Crippen molar-refractivity contribution in [1.82, 2.24) is 14.9 Å². The van der Waals surface area contributed by atoms with E-state index >= 15 is 0 Å². The molecule has 26 heavy (non-hydrogen) atoms. The van der Waals surface area contributed by atoms with Crippen molar-refractivity contribution in [3.8, 4) is 0 Å². The van der Waals surface area contributed by atoms with E-state index in [0.29, 0.717) is 17.4 Å². The van der Waals surface area contributed by atoms with E-state index in [9.17, 15) is 13.2 Å². The van der Waals surface area contributed by atoms with Gasteiger partial charge in [-0.05, 0) is 17.9 Å².